The summed E-state index contributed by atoms with van der Waals surface area (Å²) in [7, 11) is 0. The lowest BCUT2D eigenvalue weighted by molar-refractivity contribution is 0.395. The summed E-state index contributed by atoms with van der Waals surface area (Å²) in [6.07, 6.45) is 0. The monoisotopic (exact) mass is 210 g/mol. The second kappa shape index (κ2) is 3.94. The first-order valence-electron chi connectivity index (χ1n) is 5.03. The van der Waals surface area contributed by atoms with Crippen molar-refractivity contribution < 1.29 is 0 Å². The summed E-state index contributed by atoms with van der Waals surface area (Å²) in [5.74, 6) is 0. The van der Waals surface area contributed by atoms with Crippen LogP contribution in [-0.4, -0.2) is 0 Å². The van der Waals surface area contributed by atoms with Crippen molar-refractivity contribution in [2.45, 2.75) is 40.0 Å². The molecule has 0 aliphatic rings. The van der Waals surface area contributed by atoms with Crippen LogP contribution in [0.3, 0.4) is 0 Å². The molecule has 1 heteroatoms. The third-order valence-electron chi connectivity index (χ3n) is 2.47. The summed E-state index contributed by atoms with van der Waals surface area (Å²) in [5, 5.41) is 0.0856. The Morgan fingerprint density at radius 2 is 1.71 bits per heavy atom. The van der Waals surface area contributed by atoms with Crippen LogP contribution in [0, 0.1) is 19.3 Å². The fourth-order valence-electron chi connectivity index (χ4n) is 1.50. The summed E-state index contributed by atoms with van der Waals surface area (Å²) in [6, 6.07) is 6.47. The topological polar surface area (TPSA) is 0 Å². The molecule has 1 atom stereocenters. The molecule has 1 aromatic rings. The number of aryl methyl sites for hydroxylation is 2. The minimum Gasteiger partial charge on any atom is -0.117 e. The van der Waals surface area contributed by atoms with Gasteiger partial charge in [-0.2, -0.15) is 0 Å². The van der Waals surface area contributed by atoms with E-state index in [4.69, 9.17) is 11.6 Å². The molecule has 0 fully saturated rings. The van der Waals surface area contributed by atoms with E-state index in [0.717, 1.165) is 0 Å². The third kappa shape index (κ3) is 2.51. The second-order valence-electron chi connectivity index (χ2n) is 5.09. The Bertz CT molecular complexity index is 320. The lowest BCUT2D eigenvalue weighted by Gasteiger charge is -2.27. The molecule has 0 saturated carbocycles. The van der Waals surface area contributed by atoms with E-state index in [1.165, 1.54) is 16.7 Å². The Morgan fingerprint density at radius 1 is 1.14 bits per heavy atom. The minimum absolute atomic E-state index is 0.0856. The van der Waals surface area contributed by atoms with Crippen molar-refractivity contribution in [2.24, 2.45) is 5.41 Å². The molecule has 0 saturated heterocycles. The highest BCUT2D eigenvalue weighted by atomic mass is 35.5. The average Bonchev–Trinajstić information content (AvgIpc) is 2.06. The van der Waals surface area contributed by atoms with Crippen molar-refractivity contribution in [2.75, 3.05) is 0 Å². The molecule has 0 radical (unpaired) electrons. The number of halogens is 1. The van der Waals surface area contributed by atoms with Gasteiger partial charge in [-0.3, -0.25) is 0 Å². The van der Waals surface area contributed by atoms with Crippen molar-refractivity contribution in [3.8, 4) is 0 Å². The van der Waals surface area contributed by atoms with Crippen LogP contribution >= 0.6 is 11.6 Å². The quantitative estimate of drug-likeness (QED) is 0.593. The van der Waals surface area contributed by atoms with Crippen molar-refractivity contribution >= 4 is 11.6 Å². The van der Waals surface area contributed by atoms with E-state index in [1.807, 2.05) is 0 Å². The second-order valence-corrected chi connectivity index (χ2v) is 5.53. The molecule has 1 aromatic carbocycles. The van der Waals surface area contributed by atoms with E-state index < -0.39 is 0 Å². The van der Waals surface area contributed by atoms with Crippen molar-refractivity contribution in [1.29, 1.82) is 0 Å². The molecular weight excluding hydrogens is 192 g/mol. The van der Waals surface area contributed by atoms with Gasteiger partial charge in [0.2, 0.25) is 0 Å². The van der Waals surface area contributed by atoms with Crippen LogP contribution < -0.4 is 0 Å². The van der Waals surface area contributed by atoms with Gasteiger partial charge in [-0.05, 0) is 30.4 Å². The minimum atomic E-state index is 0.0856. The molecule has 0 spiro atoms. The zero-order chi connectivity index (χ0) is 10.9. The number of benzene rings is 1. The van der Waals surface area contributed by atoms with Gasteiger partial charge in [0.25, 0.3) is 0 Å². The summed E-state index contributed by atoms with van der Waals surface area (Å²) < 4.78 is 0. The molecule has 1 rings (SSSR count). The van der Waals surface area contributed by atoms with Crippen molar-refractivity contribution in [3.63, 3.8) is 0 Å². The van der Waals surface area contributed by atoms with Crippen LogP contribution in [0.15, 0.2) is 18.2 Å². The van der Waals surface area contributed by atoms with Gasteiger partial charge in [0.1, 0.15) is 0 Å². The van der Waals surface area contributed by atoms with Crippen LogP contribution in [-0.2, 0) is 0 Å². The predicted molar refractivity (Wildman–Crippen MR) is 64.0 cm³/mol. The normalized spacial score (nSPS) is 14.1. The van der Waals surface area contributed by atoms with E-state index >= 15 is 0 Å². The molecule has 1 unspecified atom stereocenters. The first-order valence-corrected chi connectivity index (χ1v) is 5.47. The summed E-state index contributed by atoms with van der Waals surface area (Å²) in [6.45, 7) is 10.7. The van der Waals surface area contributed by atoms with E-state index in [9.17, 15) is 0 Å². The first kappa shape index (κ1) is 11.6. The van der Waals surface area contributed by atoms with Crippen LogP contribution in [0.1, 0.15) is 42.8 Å². The molecule has 0 aliphatic carbocycles. The van der Waals surface area contributed by atoms with Crippen LogP contribution in [0.2, 0.25) is 0 Å². The van der Waals surface area contributed by atoms with E-state index in [-0.39, 0.29) is 10.8 Å². The molecule has 0 N–H and O–H groups in total. The molecule has 0 aromatic heterocycles. The van der Waals surface area contributed by atoms with Gasteiger partial charge in [0, 0.05) is 0 Å². The van der Waals surface area contributed by atoms with Gasteiger partial charge < -0.3 is 0 Å². The van der Waals surface area contributed by atoms with Crippen LogP contribution in [0.25, 0.3) is 0 Å². The highest BCUT2D eigenvalue weighted by Gasteiger charge is 2.25. The lowest BCUT2D eigenvalue weighted by Crippen LogP contribution is -2.14. The van der Waals surface area contributed by atoms with Crippen LogP contribution in [0.5, 0.6) is 0 Å². The molecule has 0 nitrogen and oxygen atoms in total. The number of rotatable bonds is 1. The zero-order valence-electron chi connectivity index (χ0n) is 9.69. The maximum atomic E-state index is 6.46. The Hall–Kier alpha value is -0.490. The van der Waals surface area contributed by atoms with Gasteiger partial charge in [0.15, 0.2) is 0 Å². The number of alkyl halides is 1. The number of hydrogen-bond donors (Lipinski definition) is 0. The van der Waals surface area contributed by atoms with Gasteiger partial charge in [-0.15, -0.1) is 11.6 Å². The van der Waals surface area contributed by atoms with E-state index in [2.05, 4.69) is 52.8 Å². The summed E-state index contributed by atoms with van der Waals surface area (Å²) in [4.78, 5) is 0. The SMILES string of the molecule is Cc1ccc(C)c(C(Cl)C(C)(C)C)c1. The van der Waals surface area contributed by atoms with Crippen molar-refractivity contribution in [1.82, 2.24) is 0 Å². The Kier molecular flexibility index (Phi) is 3.26. The average molecular weight is 211 g/mol. The summed E-state index contributed by atoms with van der Waals surface area (Å²) >= 11 is 6.46. The van der Waals surface area contributed by atoms with E-state index in [1.54, 1.807) is 0 Å². The highest BCUT2D eigenvalue weighted by Crippen LogP contribution is 2.39. The first-order chi connectivity index (χ1) is 6.32. The largest absolute Gasteiger partial charge is 0.117 e. The Morgan fingerprint density at radius 3 is 2.21 bits per heavy atom. The molecule has 0 amide bonds. The Labute approximate surface area is 92.3 Å². The predicted octanol–water partition coefficient (Wildman–Crippen LogP) is 4.63. The van der Waals surface area contributed by atoms with Gasteiger partial charge in [-0.25, -0.2) is 0 Å². The molecular formula is C13H19Cl. The van der Waals surface area contributed by atoms with E-state index in [0.29, 0.717) is 0 Å². The summed E-state index contributed by atoms with van der Waals surface area (Å²) in [5.41, 5.74) is 3.94. The smallest absolute Gasteiger partial charge is 0.0636 e. The number of hydrogen-bond acceptors (Lipinski definition) is 0. The fraction of sp³-hybridized carbons (Fsp3) is 0.538. The van der Waals surface area contributed by atoms with Crippen LogP contribution in [0.4, 0.5) is 0 Å². The lowest BCUT2D eigenvalue weighted by atomic mass is 9.85. The van der Waals surface area contributed by atoms with Gasteiger partial charge >= 0.3 is 0 Å². The van der Waals surface area contributed by atoms with Crippen molar-refractivity contribution in [3.05, 3.63) is 34.9 Å². The fourth-order valence-corrected chi connectivity index (χ4v) is 1.73. The molecule has 0 heterocycles. The highest BCUT2D eigenvalue weighted by molar-refractivity contribution is 6.21. The molecule has 0 aliphatic heterocycles. The standard InChI is InChI=1S/C13H19Cl/c1-9-6-7-10(2)11(8-9)12(14)13(3,4)5/h6-8,12H,1-5H3. The molecule has 78 valence electrons. The Balaban J connectivity index is 3.12. The zero-order valence-corrected chi connectivity index (χ0v) is 10.4. The maximum Gasteiger partial charge on any atom is 0.0636 e. The molecule has 0 bridgehead atoms. The third-order valence-corrected chi connectivity index (χ3v) is 3.36. The maximum absolute atomic E-state index is 6.46. The van der Waals surface area contributed by atoms with Gasteiger partial charge in [0.05, 0.1) is 5.38 Å². The molecule has 14 heavy (non-hydrogen) atoms. The van der Waals surface area contributed by atoms with Gasteiger partial charge in [-0.1, -0.05) is 44.5 Å².